The highest BCUT2D eigenvalue weighted by Gasteiger charge is 2.17. The maximum absolute atomic E-state index is 12.6. The summed E-state index contributed by atoms with van der Waals surface area (Å²) >= 11 is 0. The molecule has 1 aliphatic heterocycles. The number of sulfone groups is 1. The van der Waals surface area contributed by atoms with Crippen LogP contribution >= 0.6 is 0 Å². The molecule has 8 nitrogen and oxygen atoms in total. The van der Waals surface area contributed by atoms with E-state index in [0.717, 1.165) is 25.0 Å². The summed E-state index contributed by atoms with van der Waals surface area (Å²) in [6.07, 6.45) is 1.08. The second-order valence-electron chi connectivity index (χ2n) is 7.16. The molecular weight excluding hydrogens is 406 g/mol. The monoisotopic (exact) mass is 431 g/mol. The molecule has 30 heavy (non-hydrogen) atoms. The molecule has 1 saturated heterocycles. The van der Waals surface area contributed by atoms with Crippen LogP contribution in [0.15, 0.2) is 53.4 Å². The molecule has 1 N–H and O–H groups in total. The molecule has 0 spiro atoms. The van der Waals surface area contributed by atoms with E-state index in [2.05, 4.69) is 10.2 Å². The Hall–Kier alpha value is -2.91. The summed E-state index contributed by atoms with van der Waals surface area (Å²) in [4.78, 5) is 28.4. The first kappa shape index (κ1) is 21.8. The maximum atomic E-state index is 12.6. The summed E-state index contributed by atoms with van der Waals surface area (Å²) in [5, 5.41) is 2.77. The van der Waals surface area contributed by atoms with Gasteiger partial charge in [-0.2, -0.15) is 0 Å². The largest absolute Gasteiger partial charge is 0.378 e. The summed E-state index contributed by atoms with van der Waals surface area (Å²) in [5.74, 6) is -0.775. The van der Waals surface area contributed by atoms with Crippen LogP contribution in [0.5, 0.6) is 0 Å². The topological polar surface area (TPSA) is 96.0 Å². The van der Waals surface area contributed by atoms with Crippen molar-refractivity contribution in [3.8, 4) is 0 Å². The Morgan fingerprint density at radius 1 is 1.10 bits per heavy atom. The van der Waals surface area contributed by atoms with E-state index in [1.807, 2.05) is 24.3 Å². The molecule has 0 aliphatic carbocycles. The van der Waals surface area contributed by atoms with Crippen LogP contribution in [0.4, 0.5) is 11.4 Å². The third-order valence-electron chi connectivity index (χ3n) is 4.76. The minimum absolute atomic E-state index is 0.0616. The highest BCUT2D eigenvalue weighted by Crippen LogP contribution is 2.19. The predicted octanol–water partition coefficient (Wildman–Crippen LogP) is 1.64. The van der Waals surface area contributed by atoms with Crippen molar-refractivity contribution in [2.24, 2.45) is 0 Å². The van der Waals surface area contributed by atoms with E-state index in [4.69, 9.17) is 4.74 Å². The van der Waals surface area contributed by atoms with Crippen LogP contribution in [0.1, 0.15) is 10.4 Å². The molecule has 0 atom stereocenters. The smallest absolute Gasteiger partial charge is 0.254 e. The number of amides is 2. The fourth-order valence-corrected chi connectivity index (χ4v) is 3.81. The van der Waals surface area contributed by atoms with Gasteiger partial charge < -0.3 is 19.9 Å². The molecule has 0 radical (unpaired) electrons. The lowest BCUT2D eigenvalue weighted by atomic mass is 10.2. The van der Waals surface area contributed by atoms with Gasteiger partial charge in [-0.15, -0.1) is 0 Å². The van der Waals surface area contributed by atoms with Gasteiger partial charge in [0.1, 0.15) is 0 Å². The minimum Gasteiger partial charge on any atom is -0.378 e. The minimum atomic E-state index is -3.42. The summed E-state index contributed by atoms with van der Waals surface area (Å²) in [6.45, 7) is 2.91. The number of likely N-dealkylation sites (N-methyl/N-ethyl adjacent to an activating group) is 1. The molecule has 3 rings (SSSR count). The van der Waals surface area contributed by atoms with E-state index in [1.165, 1.54) is 36.2 Å². The fourth-order valence-electron chi connectivity index (χ4n) is 3.15. The van der Waals surface area contributed by atoms with Crippen LogP contribution in [0, 0.1) is 0 Å². The van der Waals surface area contributed by atoms with Crippen LogP contribution in [-0.4, -0.2) is 71.3 Å². The quantitative estimate of drug-likeness (QED) is 0.747. The van der Waals surface area contributed by atoms with E-state index in [-0.39, 0.29) is 22.9 Å². The summed E-state index contributed by atoms with van der Waals surface area (Å²) < 4.78 is 28.7. The molecule has 0 bridgehead atoms. The molecule has 2 aromatic rings. The number of carbonyl (C=O) groups excluding carboxylic acids is 2. The summed E-state index contributed by atoms with van der Waals surface area (Å²) in [5.41, 5.74) is 1.91. The second kappa shape index (κ2) is 9.27. The molecule has 0 saturated carbocycles. The van der Waals surface area contributed by atoms with Gasteiger partial charge in [-0.3, -0.25) is 9.59 Å². The first-order chi connectivity index (χ1) is 14.2. The van der Waals surface area contributed by atoms with Crippen molar-refractivity contribution >= 4 is 33.0 Å². The van der Waals surface area contributed by atoms with Crippen molar-refractivity contribution in [2.75, 3.05) is 56.4 Å². The third kappa shape index (κ3) is 5.58. The van der Waals surface area contributed by atoms with Gasteiger partial charge in [-0.1, -0.05) is 6.07 Å². The second-order valence-corrected chi connectivity index (χ2v) is 9.17. The summed E-state index contributed by atoms with van der Waals surface area (Å²) in [6, 6.07) is 13.3. The first-order valence-electron chi connectivity index (χ1n) is 9.52. The number of morpholine rings is 1. The number of benzene rings is 2. The molecule has 1 aliphatic rings. The number of rotatable bonds is 6. The van der Waals surface area contributed by atoms with Crippen molar-refractivity contribution in [2.45, 2.75) is 4.90 Å². The third-order valence-corrected chi connectivity index (χ3v) is 5.87. The van der Waals surface area contributed by atoms with E-state index in [1.54, 1.807) is 0 Å². The Morgan fingerprint density at radius 2 is 1.77 bits per heavy atom. The molecule has 2 aromatic carbocycles. The number of nitrogens with one attached hydrogen (secondary N) is 1. The summed E-state index contributed by atoms with van der Waals surface area (Å²) in [7, 11) is -1.92. The van der Waals surface area contributed by atoms with E-state index < -0.39 is 15.7 Å². The van der Waals surface area contributed by atoms with Gasteiger partial charge in [0.15, 0.2) is 9.84 Å². The maximum Gasteiger partial charge on any atom is 0.254 e. The van der Waals surface area contributed by atoms with Gasteiger partial charge in [0.25, 0.3) is 5.91 Å². The highest BCUT2D eigenvalue weighted by molar-refractivity contribution is 7.90. The van der Waals surface area contributed by atoms with Crippen molar-refractivity contribution in [3.05, 3.63) is 54.1 Å². The standard InChI is InChI=1S/C21H25N3O5S/c1-23(21(26)16-4-3-5-19(14-16)30(2,27)28)15-20(25)22-17-6-8-18(9-7-17)24-10-12-29-13-11-24/h3-9,14H,10-13,15H2,1-2H3,(H,22,25). The SMILES string of the molecule is CN(CC(=O)Nc1ccc(N2CCOCC2)cc1)C(=O)c1cccc(S(C)(=O)=O)c1. The van der Waals surface area contributed by atoms with Gasteiger partial charge in [-0.05, 0) is 42.5 Å². The van der Waals surface area contributed by atoms with Crippen LogP contribution in [0.2, 0.25) is 0 Å². The number of hydrogen-bond acceptors (Lipinski definition) is 6. The Balaban J connectivity index is 1.58. The lowest BCUT2D eigenvalue weighted by Gasteiger charge is -2.28. The molecule has 9 heteroatoms. The van der Waals surface area contributed by atoms with Crippen molar-refractivity contribution in [3.63, 3.8) is 0 Å². The van der Waals surface area contributed by atoms with E-state index >= 15 is 0 Å². The van der Waals surface area contributed by atoms with Crippen LogP contribution in [0.25, 0.3) is 0 Å². The highest BCUT2D eigenvalue weighted by atomic mass is 32.2. The number of anilines is 2. The first-order valence-corrected chi connectivity index (χ1v) is 11.4. The average Bonchev–Trinajstić information content (AvgIpc) is 2.73. The molecule has 0 unspecified atom stereocenters. The lowest BCUT2D eigenvalue weighted by Crippen LogP contribution is -2.36. The van der Waals surface area contributed by atoms with Crippen LogP contribution in [-0.2, 0) is 19.4 Å². The number of hydrogen-bond donors (Lipinski definition) is 1. The average molecular weight is 432 g/mol. The Labute approximate surface area is 176 Å². The zero-order chi connectivity index (χ0) is 21.7. The number of carbonyl (C=O) groups is 2. The van der Waals surface area contributed by atoms with Crippen molar-refractivity contribution in [1.82, 2.24) is 4.90 Å². The van der Waals surface area contributed by atoms with Gasteiger partial charge in [-0.25, -0.2) is 8.42 Å². The van der Waals surface area contributed by atoms with Gasteiger partial charge >= 0.3 is 0 Å². The van der Waals surface area contributed by atoms with Crippen LogP contribution < -0.4 is 10.2 Å². The Kier molecular flexibility index (Phi) is 6.73. The Morgan fingerprint density at radius 3 is 2.40 bits per heavy atom. The van der Waals surface area contributed by atoms with Crippen molar-refractivity contribution < 1.29 is 22.7 Å². The molecule has 0 aromatic heterocycles. The lowest BCUT2D eigenvalue weighted by molar-refractivity contribution is -0.116. The zero-order valence-corrected chi connectivity index (χ0v) is 17.8. The zero-order valence-electron chi connectivity index (χ0n) is 17.0. The van der Waals surface area contributed by atoms with Crippen molar-refractivity contribution in [1.29, 1.82) is 0 Å². The van der Waals surface area contributed by atoms with Crippen LogP contribution in [0.3, 0.4) is 0 Å². The van der Waals surface area contributed by atoms with Gasteiger partial charge in [0, 0.05) is 43.3 Å². The molecule has 160 valence electrons. The number of ether oxygens (including phenoxy) is 1. The number of nitrogens with zero attached hydrogens (tertiary/aromatic N) is 2. The van der Waals surface area contributed by atoms with Gasteiger partial charge in [0.05, 0.1) is 24.7 Å². The molecule has 1 fully saturated rings. The normalized spacial score (nSPS) is 14.3. The molecule has 2 amide bonds. The van der Waals surface area contributed by atoms with Gasteiger partial charge in [0.2, 0.25) is 5.91 Å². The van der Waals surface area contributed by atoms with E-state index in [0.29, 0.717) is 18.9 Å². The fraction of sp³-hybridized carbons (Fsp3) is 0.333. The predicted molar refractivity (Wildman–Crippen MR) is 115 cm³/mol. The molecule has 1 heterocycles. The van der Waals surface area contributed by atoms with E-state index in [9.17, 15) is 18.0 Å². The Bertz CT molecular complexity index is 1020. The molecular formula is C21H25N3O5S.